The van der Waals surface area contributed by atoms with Crippen LogP contribution in [0.4, 0.5) is 5.82 Å². The summed E-state index contributed by atoms with van der Waals surface area (Å²) in [6.45, 7) is 2.00. The number of rotatable bonds is 7. The molecule has 7 heteroatoms. The third-order valence-corrected chi connectivity index (χ3v) is 6.19. The van der Waals surface area contributed by atoms with E-state index in [1.54, 1.807) is 19.4 Å². The lowest BCUT2D eigenvalue weighted by atomic mass is 9.90. The topological polar surface area (TPSA) is 99.4 Å². The zero-order chi connectivity index (χ0) is 20.4. The molecule has 0 radical (unpaired) electrons. The molecule has 29 heavy (non-hydrogen) atoms. The van der Waals surface area contributed by atoms with E-state index in [2.05, 4.69) is 16.0 Å². The van der Waals surface area contributed by atoms with Gasteiger partial charge in [0.15, 0.2) is 0 Å². The number of aromatic nitrogens is 2. The van der Waals surface area contributed by atoms with Gasteiger partial charge in [0, 0.05) is 43.0 Å². The fourth-order valence-electron chi connectivity index (χ4n) is 4.29. The molecule has 2 fully saturated rings. The van der Waals surface area contributed by atoms with Crippen molar-refractivity contribution in [1.82, 2.24) is 14.5 Å². The number of nitrogens with two attached hydrogens (primary N) is 2. The van der Waals surface area contributed by atoms with Gasteiger partial charge in [0.25, 0.3) is 0 Å². The van der Waals surface area contributed by atoms with Gasteiger partial charge in [0.1, 0.15) is 11.6 Å². The molecule has 2 saturated carbocycles. The standard InChI is InChI=1S/C22H31N5O2/c1-29-20-12-19(27-11-10-21(24)25-22(27)28)7-4-16(20)14-26(13-15-2-3-15)18-8-5-17(23)6-9-18/h4,7,10-12,15,17-18H,2-3,5-6,8-9,13-14,23H2,1H3,(H2,24,25,28)/t17-,18-. The largest absolute Gasteiger partial charge is 0.496 e. The van der Waals surface area contributed by atoms with Crippen molar-refractivity contribution in [1.29, 1.82) is 0 Å². The second-order valence-corrected chi connectivity index (χ2v) is 8.44. The molecule has 7 nitrogen and oxygen atoms in total. The molecule has 156 valence electrons. The first-order valence-electron chi connectivity index (χ1n) is 10.6. The molecule has 0 bridgehead atoms. The van der Waals surface area contributed by atoms with Crippen molar-refractivity contribution in [2.24, 2.45) is 11.7 Å². The summed E-state index contributed by atoms with van der Waals surface area (Å²) >= 11 is 0. The first-order chi connectivity index (χ1) is 14.0. The highest BCUT2D eigenvalue weighted by Crippen LogP contribution is 2.34. The van der Waals surface area contributed by atoms with Gasteiger partial charge in [-0.2, -0.15) is 4.98 Å². The van der Waals surface area contributed by atoms with Gasteiger partial charge in [-0.1, -0.05) is 6.07 Å². The van der Waals surface area contributed by atoms with E-state index in [9.17, 15) is 4.79 Å². The molecule has 4 N–H and O–H groups in total. The number of hydrogen-bond donors (Lipinski definition) is 2. The Bertz CT molecular complexity index is 900. The summed E-state index contributed by atoms with van der Waals surface area (Å²) in [4.78, 5) is 18.6. The lowest BCUT2D eigenvalue weighted by Crippen LogP contribution is -2.41. The van der Waals surface area contributed by atoms with Crippen LogP contribution in [0.15, 0.2) is 35.3 Å². The van der Waals surface area contributed by atoms with E-state index in [4.69, 9.17) is 16.2 Å². The molecule has 0 spiro atoms. The maximum atomic E-state index is 12.2. The minimum Gasteiger partial charge on any atom is -0.496 e. The monoisotopic (exact) mass is 397 g/mol. The van der Waals surface area contributed by atoms with Crippen LogP contribution in [-0.2, 0) is 6.54 Å². The van der Waals surface area contributed by atoms with Gasteiger partial charge in [0.2, 0.25) is 0 Å². The van der Waals surface area contributed by atoms with Crippen LogP contribution in [0.5, 0.6) is 5.75 Å². The van der Waals surface area contributed by atoms with Crippen LogP contribution in [0, 0.1) is 5.92 Å². The summed E-state index contributed by atoms with van der Waals surface area (Å²) in [7, 11) is 1.68. The van der Waals surface area contributed by atoms with Gasteiger partial charge in [-0.3, -0.25) is 9.47 Å². The Balaban J connectivity index is 1.56. The lowest BCUT2D eigenvalue weighted by Gasteiger charge is -2.36. The SMILES string of the molecule is COc1cc(-n2ccc(N)nc2=O)ccc1CN(CC1CC1)[C@H]1CC[C@H](N)CC1. The average Bonchev–Trinajstić information content (AvgIpc) is 3.53. The Kier molecular flexibility index (Phi) is 5.87. The van der Waals surface area contributed by atoms with Crippen molar-refractivity contribution in [3.05, 3.63) is 46.5 Å². The molecule has 2 aromatic rings. The fraction of sp³-hybridized carbons (Fsp3) is 0.545. The molecule has 0 aliphatic heterocycles. The molecule has 0 unspecified atom stereocenters. The summed E-state index contributed by atoms with van der Waals surface area (Å²) < 4.78 is 7.17. The van der Waals surface area contributed by atoms with Crippen LogP contribution in [-0.4, -0.2) is 40.2 Å². The van der Waals surface area contributed by atoms with Crippen LogP contribution in [0.25, 0.3) is 5.69 Å². The third-order valence-electron chi connectivity index (χ3n) is 6.19. The highest BCUT2D eigenvalue weighted by atomic mass is 16.5. The maximum absolute atomic E-state index is 12.2. The second-order valence-electron chi connectivity index (χ2n) is 8.44. The molecular weight excluding hydrogens is 366 g/mol. The number of nitrogens with zero attached hydrogens (tertiary/aromatic N) is 3. The van der Waals surface area contributed by atoms with E-state index >= 15 is 0 Å². The first kappa shape index (κ1) is 19.9. The van der Waals surface area contributed by atoms with Crippen LogP contribution in [0.3, 0.4) is 0 Å². The van der Waals surface area contributed by atoms with Crippen LogP contribution < -0.4 is 21.9 Å². The predicted molar refractivity (Wildman–Crippen MR) is 114 cm³/mol. The van der Waals surface area contributed by atoms with Crippen LogP contribution >= 0.6 is 0 Å². The Hall–Kier alpha value is -2.38. The molecule has 0 amide bonds. The summed E-state index contributed by atoms with van der Waals surface area (Å²) in [5.74, 6) is 1.84. The Morgan fingerprint density at radius 2 is 1.93 bits per heavy atom. The molecular formula is C22H31N5O2. The highest BCUT2D eigenvalue weighted by molar-refractivity contribution is 5.45. The smallest absolute Gasteiger partial charge is 0.354 e. The van der Waals surface area contributed by atoms with Gasteiger partial charge in [0.05, 0.1) is 12.8 Å². The van der Waals surface area contributed by atoms with E-state index in [1.165, 1.54) is 30.3 Å². The molecule has 0 saturated heterocycles. The number of ether oxygens (including phenoxy) is 1. The number of benzene rings is 1. The van der Waals surface area contributed by atoms with Gasteiger partial charge >= 0.3 is 5.69 Å². The Morgan fingerprint density at radius 3 is 2.59 bits per heavy atom. The van der Waals surface area contributed by atoms with Gasteiger partial charge in [-0.05, 0) is 56.6 Å². The van der Waals surface area contributed by atoms with E-state index in [1.807, 2.05) is 12.1 Å². The molecule has 1 aromatic heterocycles. The highest BCUT2D eigenvalue weighted by Gasteiger charge is 2.30. The Morgan fingerprint density at radius 1 is 1.17 bits per heavy atom. The molecule has 1 heterocycles. The molecule has 2 aliphatic carbocycles. The molecule has 4 rings (SSSR count). The lowest BCUT2D eigenvalue weighted by molar-refractivity contribution is 0.134. The van der Waals surface area contributed by atoms with Crippen molar-refractivity contribution in [2.45, 2.75) is 57.2 Å². The fourth-order valence-corrected chi connectivity index (χ4v) is 4.29. The number of nitrogen functional groups attached to an aromatic ring is 1. The number of anilines is 1. The van der Waals surface area contributed by atoms with Crippen molar-refractivity contribution >= 4 is 5.82 Å². The van der Waals surface area contributed by atoms with Crippen molar-refractivity contribution in [3.8, 4) is 11.4 Å². The molecule has 1 aromatic carbocycles. The minimum absolute atomic E-state index is 0.220. The van der Waals surface area contributed by atoms with Crippen molar-refractivity contribution in [2.75, 3.05) is 19.4 Å². The summed E-state index contributed by atoms with van der Waals surface area (Å²) in [6.07, 6.45) is 8.87. The van der Waals surface area contributed by atoms with E-state index in [0.717, 1.165) is 48.8 Å². The summed E-state index contributed by atoms with van der Waals surface area (Å²) in [6, 6.07) is 8.47. The van der Waals surface area contributed by atoms with Crippen LogP contribution in [0.1, 0.15) is 44.1 Å². The van der Waals surface area contributed by atoms with Gasteiger partial charge < -0.3 is 16.2 Å². The van der Waals surface area contributed by atoms with Gasteiger partial charge in [-0.25, -0.2) is 4.79 Å². The van der Waals surface area contributed by atoms with Crippen LogP contribution in [0.2, 0.25) is 0 Å². The normalized spacial score (nSPS) is 22.0. The zero-order valence-electron chi connectivity index (χ0n) is 17.1. The van der Waals surface area contributed by atoms with E-state index in [-0.39, 0.29) is 5.82 Å². The average molecular weight is 398 g/mol. The number of methoxy groups -OCH3 is 1. The van der Waals surface area contributed by atoms with Crippen molar-refractivity contribution in [3.63, 3.8) is 0 Å². The molecule has 2 aliphatic rings. The zero-order valence-corrected chi connectivity index (χ0v) is 17.1. The van der Waals surface area contributed by atoms with E-state index < -0.39 is 5.69 Å². The predicted octanol–water partition coefficient (Wildman–Crippen LogP) is 2.31. The molecule has 0 atom stereocenters. The van der Waals surface area contributed by atoms with Crippen molar-refractivity contribution < 1.29 is 4.74 Å². The second kappa shape index (κ2) is 8.55. The maximum Gasteiger partial charge on any atom is 0.354 e. The number of hydrogen-bond acceptors (Lipinski definition) is 6. The first-order valence-corrected chi connectivity index (χ1v) is 10.6. The summed E-state index contributed by atoms with van der Waals surface area (Å²) in [5, 5.41) is 0. The minimum atomic E-state index is -0.395. The third kappa shape index (κ3) is 4.79. The summed E-state index contributed by atoms with van der Waals surface area (Å²) in [5.41, 5.74) is 13.2. The Labute approximate surface area is 171 Å². The van der Waals surface area contributed by atoms with E-state index in [0.29, 0.717) is 12.1 Å². The quantitative estimate of drug-likeness (QED) is 0.744. The van der Waals surface area contributed by atoms with Gasteiger partial charge in [-0.15, -0.1) is 0 Å².